The Bertz CT molecular complexity index is 346. The summed E-state index contributed by atoms with van der Waals surface area (Å²) < 4.78 is 0. The van der Waals surface area contributed by atoms with Gasteiger partial charge in [-0.05, 0) is 49.3 Å². The summed E-state index contributed by atoms with van der Waals surface area (Å²) in [4.78, 5) is 0. The standard InChI is InChI=1S/C15H22ClNS/c1-2-17-14(15-5-3-4-10-18-15)11-12-6-8-13(16)9-7-12/h6-9,14-15,17H,2-5,10-11H2,1H3. The van der Waals surface area contributed by atoms with Crippen molar-refractivity contribution in [2.24, 2.45) is 0 Å². The molecule has 1 aromatic rings. The van der Waals surface area contributed by atoms with Crippen molar-refractivity contribution in [1.29, 1.82) is 0 Å². The van der Waals surface area contributed by atoms with Crippen molar-refractivity contribution >= 4 is 23.4 Å². The maximum atomic E-state index is 5.94. The van der Waals surface area contributed by atoms with Crippen LogP contribution in [0.15, 0.2) is 24.3 Å². The molecule has 0 bridgehead atoms. The van der Waals surface area contributed by atoms with Gasteiger partial charge in [-0.2, -0.15) is 11.8 Å². The Labute approximate surface area is 120 Å². The first kappa shape index (κ1) is 14.2. The van der Waals surface area contributed by atoms with Crippen LogP contribution in [0.1, 0.15) is 31.7 Å². The molecule has 1 aliphatic heterocycles. The van der Waals surface area contributed by atoms with E-state index in [1.54, 1.807) is 0 Å². The van der Waals surface area contributed by atoms with Crippen molar-refractivity contribution in [3.05, 3.63) is 34.9 Å². The lowest BCUT2D eigenvalue weighted by molar-refractivity contribution is 0.472. The summed E-state index contributed by atoms with van der Waals surface area (Å²) in [7, 11) is 0. The Morgan fingerprint density at radius 3 is 2.72 bits per heavy atom. The SMILES string of the molecule is CCNC(Cc1ccc(Cl)cc1)C1CCCCS1. The number of thioether (sulfide) groups is 1. The van der Waals surface area contributed by atoms with E-state index in [-0.39, 0.29) is 0 Å². The molecule has 1 aliphatic rings. The van der Waals surface area contributed by atoms with Crippen LogP contribution >= 0.6 is 23.4 Å². The maximum Gasteiger partial charge on any atom is 0.0406 e. The van der Waals surface area contributed by atoms with Crippen molar-refractivity contribution in [2.75, 3.05) is 12.3 Å². The van der Waals surface area contributed by atoms with E-state index in [0.29, 0.717) is 6.04 Å². The third kappa shape index (κ3) is 4.18. The summed E-state index contributed by atoms with van der Waals surface area (Å²) in [6, 6.07) is 8.89. The van der Waals surface area contributed by atoms with Gasteiger partial charge < -0.3 is 5.32 Å². The zero-order chi connectivity index (χ0) is 12.8. The van der Waals surface area contributed by atoms with Crippen molar-refractivity contribution in [1.82, 2.24) is 5.32 Å². The molecular formula is C15H22ClNS. The summed E-state index contributed by atoms with van der Waals surface area (Å²) in [6.07, 6.45) is 5.25. The Balaban J connectivity index is 1.98. The fourth-order valence-electron chi connectivity index (χ4n) is 2.55. The van der Waals surface area contributed by atoms with Crippen molar-refractivity contribution in [3.63, 3.8) is 0 Å². The molecule has 1 saturated heterocycles. The monoisotopic (exact) mass is 283 g/mol. The minimum atomic E-state index is 0.599. The molecule has 1 aromatic carbocycles. The first-order chi connectivity index (χ1) is 8.79. The Hall–Kier alpha value is -0.180. The van der Waals surface area contributed by atoms with Crippen LogP contribution in [-0.2, 0) is 6.42 Å². The molecule has 1 heterocycles. The maximum absolute atomic E-state index is 5.94. The second-order valence-corrected chi connectivity index (χ2v) is 6.68. The van der Waals surface area contributed by atoms with Gasteiger partial charge >= 0.3 is 0 Å². The fraction of sp³-hybridized carbons (Fsp3) is 0.600. The smallest absolute Gasteiger partial charge is 0.0406 e. The number of hydrogen-bond donors (Lipinski definition) is 1. The molecule has 1 N–H and O–H groups in total. The number of likely N-dealkylation sites (N-methyl/N-ethyl adjacent to an activating group) is 1. The van der Waals surface area contributed by atoms with Gasteiger partial charge in [0.1, 0.15) is 0 Å². The van der Waals surface area contributed by atoms with Crippen molar-refractivity contribution in [2.45, 2.75) is 43.9 Å². The lowest BCUT2D eigenvalue weighted by Crippen LogP contribution is -2.41. The van der Waals surface area contributed by atoms with Gasteiger partial charge in [0, 0.05) is 16.3 Å². The van der Waals surface area contributed by atoms with E-state index in [1.807, 2.05) is 12.1 Å². The average Bonchev–Trinajstić information content (AvgIpc) is 2.42. The molecule has 1 fully saturated rings. The summed E-state index contributed by atoms with van der Waals surface area (Å²) in [5.74, 6) is 1.33. The van der Waals surface area contributed by atoms with E-state index in [1.165, 1.54) is 30.6 Å². The Kier molecular flexibility index (Phi) is 5.87. The van der Waals surface area contributed by atoms with Gasteiger partial charge in [-0.1, -0.05) is 37.1 Å². The molecule has 3 heteroatoms. The summed E-state index contributed by atoms with van der Waals surface area (Å²) in [6.45, 7) is 3.25. The summed E-state index contributed by atoms with van der Waals surface area (Å²) in [5.41, 5.74) is 1.39. The molecule has 0 saturated carbocycles. The zero-order valence-electron chi connectivity index (χ0n) is 11.0. The molecule has 0 aromatic heterocycles. The number of hydrogen-bond acceptors (Lipinski definition) is 2. The molecular weight excluding hydrogens is 262 g/mol. The van der Waals surface area contributed by atoms with Crippen LogP contribution in [0.3, 0.4) is 0 Å². The van der Waals surface area contributed by atoms with Crippen LogP contribution in [0, 0.1) is 0 Å². The molecule has 100 valence electrons. The van der Waals surface area contributed by atoms with Gasteiger partial charge in [0.2, 0.25) is 0 Å². The molecule has 0 spiro atoms. The van der Waals surface area contributed by atoms with Crippen LogP contribution in [0.2, 0.25) is 5.02 Å². The second kappa shape index (κ2) is 7.42. The Morgan fingerprint density at radius 2 is 2.11 bits per heavy atom. The average molecular weight is 284 g/mol. The molecule has 2 rings (SSSR count). The van der Waals surface area contributed by atoms with Gasteiger partial charge in [0.05, 0.1) is 0 Å². The number of rotatable bonds is 5. The first-order valence-corrected chi connectivity index (χ1v) is 8.31. The number of nitrogens with one attached hydrogen (secondary N) is 1. The van der Waals surface area contributed by atoms with Gasteiger partial charge in [-0.25, -0.2) is 0 Å². The predicted molar refractivity (Wildman–Crippen MR) is 82.7 cm³/mol. The fourth-order valence-corrected chi connectivity index (χ4v) is 4.11. The normalized spacial score (nSPS) is 21.8. The van der Waals surface area contributed by atoms with E-state index in [2.05, 4.69) is 36.1 Å². The van der Waals surface area contributed by atoms with Crippen LogP contribution in [-0.4, -0.2) is 23.6 Å². The number of benzene rings is 1. The third-order valence-corrected chi connectivity index (χ3v) is 5.27. The molecule has 1 nitrogen and oxygen atoms in total. The van der Waals surface area contributed by atoms with Crippen molar-refractivity contribution in [3.8, 4) is 0 Å². The lowest BCUT2D eigenvalue weighted by Gasteiger charge is -2.30. The highest BCUT2D eigenvalue weighted by Crippen LogP contribution is 2.29. The van der Waals surface area contributed by atoms with E-state index >= 15 is 0 Å². The van der Waals surface area contributed by atoms with Crippen LogP contribution in [0.5, 0.6) is 0 Å². The van der Waals surface area contributed by atoms with Gasteiger partial charge in [0.15, 0.2) is 0 Å². The zero-order valence-corrected chi connectivity index (χ0v) is 12.6. The van der Waals surface area contributed by atoms with Gasteiger partial charge in [-0.3, -0.25) is 0 Å². The second-order valence-electron chi connectivity index (χ2n) is 4.90. The molecule has 2 atom stereocenters. The van der Waals surface area contributed by atoms with E-state index in [4.69, 9.17) is 11.6 Å². The first-order valence-electron chi connectivity index (χ1n) is 6.89. The highest BCUT2D eigenvalue weighted by Gasteiger charge is 2.23. The highest BCUT2D eigenvalue weighted by molar-refractivity contribution is 8.00. The molecule has 0 aliphatic carbocycles. The number of halogens is 1. The quantitative estimate of drug-likeness (QED) is 0.871. The molecule has 0 amide bonds. The minimum Gasteiger partial charge on any atom is -0.313 e. The highest BCUT2D eigenvalue weighted by atomic mass is 35.5. The van der Waals surface area contributed by atoms with E-state index < -0.39 is 0 Å². The van der Waals surface area contributed by atoms with Crippen LogP contribution in [0.25, 0.3) is 0 Å². The largest absolute Gasteiger partial charge is 0.313 e. The summed E-state index contributed by atoms with van der Waals surface area (Å²) >= 11 is 8.08. The van der Waals surface area contributed by atoms with Gasteiger partial charge in [-0.15, -0.1) is 0 Å². The topological polar surface area (TPSA) is 12.0 Å². The van der Waals surface area contributed by atoms with Crippen molar-refractivity contribution < 1.29 is 0 Å². The van der Waals surface area contributed by atoms with Gasteiger partial charge in [0.25, 0.3) is 0 Å². The third-order valence-electron chi connectivity index (χ3n) is 3.50. The van der Waals surface area contributed by atoms with Crippen LogP contribution < -0.4 is 5.32 Å². The van der Waals surface area contributed by atoms with E-state index in [0.717, 1.165) is 23.2 Å². The van der Waals surface area contributed by atoms with Crippen LogP contribution in [0.4, 0.5) is 0 Å². The molecule has 18 heavy (non-hydrogen) atoms. The lowest BCUT2D eigenvalue weighted by atomic mass is 9.99. The molecule has 2 unspecified atom stereocenters. The summed E-state index contributed by atoms with van der Waals surface area (Å²) in [5, 5.41) is 5.26. The van der Waals surface area contributed by atoms with E-state index in [9.17, 15) is 0 Å². The predicted octanol–water partition coefficient (Wildman–Crippen LogP) is 4.15. The Morgan fingerprint density at radius 1 is 1.33 bits per heavy atom. The minimum absolute atomic E-state index is 0.599. The molecule has 0 radical (unpaired) electrons.